The van der Waals surface area contributed by atoms with Crippen LogP contribution >= 0.6 is 0 Å². The number of aromatic nitrogens is 1. The predicted octanol–water partition coefficient (Wildman–Crippen LogP) is 1.96. The maximum absolute atomic E-state index is 11.6. The summed E-state index contributed by atoms with van der Waals surface area (Å²) in [7, 11) is 0. The summed E-state index contributed by atoms with van der Waals surface area (Å²) in [6, 6.07) is 2.63. The minimum Gasteiger partial charge on any atom is -0.353 e. The average molecular weight is 249 g/mol. The van der Waals surface area contributed by atoms with E-state index in [1.165, 1.54) is 5.56 Å². The fraction of sp³-hybridized carbons (Fsp3) is 0.643. The van der Waals surface area contributed by atoms with Crippen LogP contribution in [0, 0.1) is 0 Å². The van der Waals surface area contributed by atoms with E-state index >= 15 is 0 Å². The highest BCUT2D eigenvalue weighted by atomic mass is 16.1. The summed E-state index contributed by atoms with van der Waals surface area (Å²) in [6.07, 6.45) is 9.01. The van der Waals surface area contributed by atoms with E-state index in [2.05, 4.69) is 29.1 Å². The van der Waals surface area contributed by atoms with Crippen LogP contribution < -0.4 is 11.1 Å². The molecule has 0 saturated heterocycles. The summed E-state index contributed by atoms with van der Waals surface area (Å²) in [5, 5.41) is 3.00. The average Bonchev–Trinajstić information content (AvgIpc) is 3.02. The zero-order valence-electron chi connectivity index (χ0n) is 11.1. The van der Waals surface area contributed by atoms with Gasteiger partial charge in [0.05, 0.1) is 0 Å². The Labute approximate surface area is 109 Å². The maximum atomic E-state index is 11.6. The Kier molecular flexibility index (Phi) is 4.42. The van der Waals surface area contributed by atoms with Crippen LogP contribution in [0.15, 0.2) is 18.5 Å². The SMILES string of the molecule is CCCC(N)c1ccn(CCC(=O)NC2CC2)c1. The molecule has 18 heavy (non-hydrogen) atoms. The first-order valence-electron chi connectivity index (χ1n) is 6.89. The predicted molar refractivity (Wildman–Crippen MR) is 72.1 cm³/mol. The maximum Gasteiger partial charge on any atom is 0.222 e. The van der Waals surface area contributed by atoms with Crippen LogP contribution in [-0.4, -0.2) is 16.5 Å². The van der Waals surface area contributed by atoms with Gasteiger partial charge in [-0.25, -0.2) is 0 Å². The highest BCUT2D eigenvalue weighted by Crippen LogP contribution is 2.19. The fourth-order valence-electron chi connectivity index (χ4n) is 2.05. The van der Waals surface area contributed by atoms with Crippen molar-refractivity contribution >= 4 is 5.91 Å². The van der Waals surface area contributed by atoms with Crippen molar-refractivity contribution in [3.8, 4) is 0 Å². The summed E-state index contributed by atoms with van der Waals surface area (Å²) in [5.74, 6) is 0.158. The molecule has 1 amide bonds. The lowest BCUT2D eigenvalue weighted by Crippen LogP contribution is -2.26. The standard InChI is InChI=1S/C14H23N3O/c1-2-3-13(15)11-6-8-17(10-11)9-7-14(18)16-12-4-5-12/h6,8,10,12-13H,2-5,7,9,15H2,1H3,(H,16,18). The van der Waals surface area contributed by atoms with Crippen molar-refractivity contribution in [1.29, 1.82) is 0 Å². The second-order valence-corrected chi connectivity index (χ2v) is 5.17. The highest BCUT2D eigenvalue weighted by molar-refractivity contribution is 5.76. The topological polar surface area (TPSA) is 60.0 Å². The van der Waals surface area contributed by atoms with Gasteiger partial charge in [-0.05, 0) is 30.9 Å². The lowest BCUT2D eigenvalue weighted by molar-refractivity contribution is -0.121. The minimum atomic E-state index is 0.122. The Morgan fingerprint density at radius 3 is 3.06 bits per heavy atom. The molecule has 1 aliphatic rings. The zero-order valence-corrected chi connectivity index (χ0v) is 11.1. The molecule has 3 N–H and O–H groups in total. The Morgan fingerprint density at radius 2 is 2.39 bits per heavy atom. The Balaban J connectivity index is 1.76. The van der Waals surface area contributed by atoms with Crippen molar-refractivity contribution < 1.29 is 4.79 Å². The third-order valence-electron chi connectivity index (χ3n) is 3.34. The molecule has 0 spiro atoms. The normalized spacial score (nSPS) is 16.6. The number of rotatable bonds is 7. The molecule has 4 nitrogen and oxygen atoms in total. The largest absolute Gasteiger partial charge is 0.353 e. The number of nitrogens with one attached hydrogen (secondary N) is 1. The monoisotopic (exact) mass is 249 g/mol. The summed E-state index contributed by atoms with van der Waals surface area (Å²) in [6.45, 7) is 2.87. The van der Waals surface area contributed by atoms with Crippen molar-refractivity contribution in [1.82, 2.24) is 9.88 Å². The first-order chi connectivity index (χ1) is 8.69. The lowest BCUT2D eigenvalue weighted by Gasteiger charge is -2.07. The molecule has 1 aromatic rings. The molecule has 0 aliphatic heterocycles. The van der Waals surface area contributed by atoms with E-state index in [4.69, 9.17) is 5.73 Å². The smallest absolute Gasteiger partial charge is 0.222 e. The molecule has 1 aliphatic carbocycles. The number of hydrogen-bond acceptors (Lipinski definition) is 2. The molecular weight excluding hydrogens is 226 g/mol. The van der Waals surface area contributed by atoms with E-state index in [9.17, 15) is 4.79 Å². The van der Waals surface area contributed by atoms with Gasteiger partial charge in [-0.1, -0.05) is 13.3 Å². The number of nitrogens with two attached hydrogens (primary N) is 1. The molecule has 1 atom stereocenters. The number of carbonyl (C=O) groups is 1. The van der Waals surface area contributed by atoms with E-state index in [1.807, 2.05) is 6.20 Å². The van der Waals surface area contributed by atoms with Gasteiger partial charge in [-0.2, -0.15) is 0 Å². The third kappa shape index (κ3) is 3.88. The van der Waals surface area contributed by atoms with Crippen LogP contribution in [0.25, 0.3) is 0 Å². The number of aryl methyl sites for hydroxylation is 1. The zero-order chi connectivity index (χ0) is 13.0. The number of nitrogens with zero attached hydrogens (tertiary/aromatic N) is 1. The highest BCUT2D eigenvalue weighted by Gasteiger charge is 2.22. The second-order valence-electron chi connectivity index (χ2n) is 5.17. The van der Waals surface area contributed by atoms with Crippen LogP contribution in [-0.2, 0) is 11.3 Å². The van der Waals surface area contributed by atoms with Gasteiger partial charge in [-0.3, -0.25) is 4.79 Å². The molecule has 100 valence electrons. The van der Waals surface area contributed by atoms with Crippen LogP contribution in [0.2, 0.25) is 0 Å². The lowest BCUT2D eigenvalue weighted by atomic mass is 10.1. The fourth-order valence-corrected chi connectivity index (χ4v) is 2.05. The molecule has 0 aromatic carbocycles. The van der Waals surface area contributed by atoms with Gasteiger partial charge in [0.25, 0.3) is 0 Å². The second kappa shape index (κ2) is 6.05. The molecule has 1 aromatic heterocycles. The molecule has 0 bridgehead atoms. The van der Waals surface area contributed by atoms with Crippen molar-refractivity contribution in [2.24, 2.45) is 5.73 Å². The van der Waals surface area contributed by atoms with Gasteiger partial charge in [0.2, 0.25) is 5.91 Å². The quantitative estimate of drug-likeness (QED) is 0.776. The van der Waals surface area contributed by atoms with Gasteiger partial charge in [-0.15, -0.1) is 0 Å². The summed E-state index contributed by atoms with van der Waals surface area (Å²) >= 11 is 0. The molecule has 1 saturated carbocycles. The number of amides is 1. The summed E-state index contributed by atoms with van der Waals surface area (Å²) < 4.78 is 2.05. The molecular formula is C14H23N3O. The summed E-state index contributed by atoms with van der Waals surface area (Å²) in [5.41, 5.74) is 7.22. The van der Waals surface area contributed by atoms with E-state index in [1.54, 1.807) is 0 Å². The van der Waals surface area contributed by atoms with Crippen LogP contribution in [0.1, 0.15) is 50.6 Å². The molecule has 0 radical (unpaired) electrons. The van der Waals surface area contributed by atoms with Crippen LogP contribution in [0.4, 0.5) is 0 Å². The first kappa shape index (κ1) is 13.1. The van der Waals surface area contributed by atoms with E-state index in [-0.39, 0.29) is 11.9 Å². The first-order valence-corrected chi connectivity index (χ1v) is 6.89. The van der Waals surface area contributed by atoms with Crippen molar-refractivity contribution in [3.63, 3.8) is 0 Å². The molecule has 2 rings (SSSR count). The van der Waals surface area contributed by atoms with E-state index in [0.29, 0.717) is 12.5 Å². The van der Waals surface area contributed by atoms with Crippen molar-refractivity contribution in [2.75, 3.05) is 0 Å². The minimum absolute atomic E-state index is 0.122. The number of carbonyl (C=O) groups excluding carboxylic acids is 1. The van der Waals surface area contributed by atoms with Crippen molar-refractivity contribution in [2.45, 2.75) is 57.7 Å². The van der Waals surface area contributed by atoms with Crippen molar-refractivity contribution in [3.05, 3.63) is 24.0 Å². The van der Waals surface area contributed by atoms with Crippen LogP contribution in [0.3, 0.4) is 0 Å². The Hall–Kier alpha value is -1.29. The Morgan fingerprint density at radius 1 is 1.61 bits per heavy atom. The van der Waals surface area contributed by atoms with Gasteiger partial charge < -0.3 is 15.6 Å². The van der Waals surface area contributed by atoms with Crippen LogP contribution in [0.5, 0.6) is 0 Å². The summed E-state index contributed by atoms with van der Waals surface area (Å²) in [4.78, 5) is 11.6. The third-order valence-corrected chi connectivity index (χ3v) is 3.34. The Bertz CT molecular complexity index is 395. The van der Waals surface area contributed by atoms with Gasteiger partial charge in [0.15, 0.2) is 0 Å². The van der Waals surface area contributed by atoms with E-state index in [0.717, 1.165) is 32.2 Å². The molecule has 1 fully saturated rings. The molecule has 4 heteroatoms. The van der Waals surface area contributed by atoms with Gasteiger partial charge >= 0.3 is 0 Å². The van der Waals surface area contributed by atoms with E-state index < -0.39 is 0 Å². The van der Waals surface area contributed by atoms with Gasteiger partial charge in [0.1, 0.15) is 0 Å². The molecule has 1 unspecified atom stereocenters. The number of hydrogen-bond donors (Lipinski definition) is 2. The molecule has 1 heterocycles. The van der Waals surface area contributed by atoms with Gasteiger partial charge in [0, 0.05) is 37.4 Å².